The second-order valence-electron chi connectivity index (χ2n) is 9.24. The van der Waals surface area contributed by atoms with Crippen LogP contribution in [0.1, 0.15) is 48.1 Å². The van der Waals surface area contributed by atoms with Gasteiger partial charge >= 0.3 is 0 Å². The van der Waals surface area contributed by atoms with E-state index in [4.69, 9.17) is 28.8 Å². The molecule has 0 aliphatic heterocycles. The van der Waals surface area contributed by atoms with Crippen LogP contribution in [-0.2, 0) is 30.9 Å². The van der Waals surface area contributed by atoms with Gasteiger partial charge in [-0.25, -0.2) is 0 Å². The Bertz CT molecular complexity index is 1500. The van der Waals surface area contributed by atoms with Crippen molar-refractivity contribution in [3.8, 4) is 11.5 Å². The minimum Gasteiger partial charge on any atom is -0.493 e. The van der Waals surface area contributed by atoms with Crippen LogP contribution in [0.2, 0.25) is 0 Å². The first-order valence-electron chi connectivity index (χ1n) is 13.2. The Morgan fingerprint density at radius 2 is 1.84 bits per heavy atom. The van der Waals surface area contributed by atoms with Crippen LogP contribution < -0.4 is 15.2 Å². The van der Waals surface area contributed by atoms with Crippen LogP contribution in [0.25, 0.3) is 21.9 Å². The summed E-state index contributed by atoms with van der Waals surface area (Å²) < 4.78 is 29.7. The molecule has 5 aromatic rings. The molecule has 2 aromatic carbocycles. The van der Waals surface area contributed by atoms with Gasteiger partial charge in [0, 0.05) is 36.0 Å². The lowest BCUT2D eigenvalue weighted by Gasteiger charge is -2.09. The van der Waals surface area contributed by atoms with E-state index in [0.29, 0.717) is 33.0 Å². The highest BCUT2D eigenvalue weighted by molar-refractivity contribution is 5.88. The maximum Gasteiger partial charge on any atom is 0.146 e. The number of furan rings is 2. The smallest absolute Gasteiger partial charge is 0.146 e. The Kier molecular flexibility index (Phi) is 8.26. The number of hydrogen-bond donors (Lipinski definition) is 1. The molecule has 0 aliphatic carbocycles. The van der Waals surface area contributed by atoms with Gasteiger partial charge in [0.1, 0.15) is 47.4 Å². The number of rotatable bonds is 13. The van der Waals surface area contributed by atoms with Gasteiger partial charge in [0.2, 0.25) is 0 Å². The molecule has 0 saturated carbocycles. The second kappa shape index (κ2) is 12.2. The maximum absolute atomic E-state index is 6.18. The van der Waals surface area contributed by atoms with Crippen molar-refractivity contribution in [2.45, 2.75) is 52.9 Å². The van der Waals surface area contributed by atoms with E-state index in [-0.39, 0.29) is 0 Å². The Morgan fingerprint density at radius 1 is 0.921 bits per heavy atom. The summed E-state index contributed by atoms with van der Waals surface area (Å²) in [5.74, 6) is 3.17. The SMILES string of the molecule is CCOCc1cc2cc(OCc3oc4cccc(OCCCCc5ncccc5CN)c4c3C)ccc2o1. The molecule has 0 bridgehead atoms. The summed E-state index contributed by atoms with van der Waals surface area (Å²) in [5, 5.41) is 1.98. The molecule has 0 spiro atoms. The first-order chi connectivity index (χ1) is 18.7. The summed E-state index contributed by atoms with van der Waals surface area (Å²) in [6, 6.07) is 17.7. The van der Waals surface area contributed by atoms with Crippen LogP contribution in [0, 0.1) is 6.92 Å². The summed E-state index contributed by atoms with van der Waals surface area (Å²) in [7, 11) is 0. The number of aryl methyl sites for hydroxylation is 2. The Labute approximate surface area is 222 Å². The molecule has 0 atom stereocenters. The predicted octanol–water partition coefficient (Wildman–Crippen LogP) is 6.86. The van der Waals surface area contributed by atoms with Crippen molar-refractivity contribution in [1.82, 2.24) is 4.98 Å². The highest BCUT2D eigenvalue weighted by Gasteiger charge is 2.16. The minimum atomic E-state index is 0.322. The Balaban J connectivity index is 1.20. The molecule has 5 rings (SSSR count). The first-order valence-corrected chi connectivity index (χ1v) is 13.2. The van der Waals surface area contributed by atoms with E-state index in [1.807, 2.05) is 74.6 Å². The number of fused-ring (bicyclic) bond motifs is 2. The van der Waals surface area contributed by atoms with Gasteiger partial charge in [-0.3, -0.25) is 4.98 Å². The first kappa shape index (κ1) is 25.8. The summed E-state index contributed by atoms with van der Waals surface area (Å²) >= 11 is 0. The monoisotopic (exact) mass is 514 g/mol. The average Bonchev–Trinajstić information content (AvgIpc) is 3.50. The number of benzene rings is 2. The van der Waals surface area contributed by atoms with Crippen molar-refractivity contribution >= 4 is 21.9 Å². The maximum atomic E-state index is 6.18. The number of pyridine rings is 1. The number of nitrogens with two attached hydrogens (primary N) is 1. The topological polar surface area (TPSA) is 92.9 Å². The molecule has 7 heteroatoms. The van der Waals surface area contributed by atoms with Gasteiger partial charge in [-0.05, 0) is 81.1 Å². The molecule has 3 aromatic heterocycles. The van der Waals surface area contributed by atoms with Crippen molar-refractivity contribution in [2.75, 3.05) is 13.2 Å². The zero-order valence-electron chi connectivity index (χ0n) is 22.0. The van der Waals surface area contributed by atoms with Crippen molar-refractivity contribution in [3.05, 3.63) is 89.1 Å². The molecule has 7 nitrogen and oxygen atoms in total. The molecule has 0 unspecified atom stereocenters. The lowest BCUT2D eigenvalue weighted by atomic mass is 10.1. The number of ether oxygens (including phenoxy) is 3. The number of aromatic nitrogens is 1. The molecule has 0 saturated heterocycles. The van der Waals surface area contributed by atoms with E-state index in [9.17, 15) is 0 Å². The Morgan fingerprint density at radius 3 is 2.71 bits per heavy atom. The van der Waals surface area contributed by atoms with Crippen LogP contribution in [0.5, 0.6) is 11.5 Å². The molecule has 0 radical (unpaired) electrons. The largest absolute Gasteiger partial charge is 0.493 e. The lowest BCUT2D eigenvalue weighted by molar-refractivity contribution is 0.119. The molecule has 2 N–H and O–H groups in total. The highest BCUT2D eigenvalue weighted by atomic mass is 16.5. The van der Waals surface area contributed by atoms with Crippen LogP contribution in [-0.4, -0.2) is 18.2 Å². The van der Waals surface area contributed by atoms with E-state index < -0.39 is 0 Å². The van der Waals surface area contributed by atoms with Crippen LogP contribution in [0.15, 0.2) is 69.6 Å². The molecular weight excluding hydrogens is 480 g/mol. The molecule has 0 aliphatic rings. The van der Waals surface area contributed by atoms with Crippen LogP contribution in [0.3, 0.4) is 0 Å². The van der Waals surface area contributed by atoms with Crippen molar-refractivity contribution in [2.24, 2.45) is 5.73 Å². The fourth-order valence-electron chi connectivity index (χ4n) is 4.62. The number of nitrogens with zero attached hydrogens (tertiary/aromatic N) is 1. The zero-order valence-corrected chi connectivity index (χ0v) is 22.0. The van der Waals surface area contributed by atoms with E-state index in [2.05, 4.69) is 4.98 Å². The molecule has 38 heavy (non-hydrogen) atoms. The summed E-state index contributed by atoms with van der Waals surface area (Å²) in [6.45, 7) is 6.58. The summed E-state index contributed by atoms with van der Waals surface area (Å²) in [4.78, 5) is 4.47. The fourth-order valence-corrected chi connectivity index (χ4v) is 4.62. The van der Waals surface area contributed by atoms with Crippen LogP contribution in [0.4, 0.5) is 0 Å². The molecule has 198 valence electrons. The highest BCUT2D eigenvalue weighted by Crippen LogP contribution is 2.34. The average molecular weight is 515 g/mol. The van der Waals surface area contributed by atoms with Gasteiger partial charge in [0.05, 0.1) is 12.0 Å². The third-order valence-corrected chi connectivity index (χ3v) is 6.64. The van der Waals surface area contributed by atoms with Crippen molar-refractivity contribution in [3.63, 3.8) is 0 Å². The van der Waals surface area contributed by atoms with Gasteiger partial charge in [-0.15, -0.1) is 0 Å². The number of hydrogen-bond acceptors (Lipinski definition) is 7. The van der Waals surface area contributed by atoms with Crippen molar-refractivity contribution < 1.29 is 23.0 Å². The molecule has 0 fully saturated rings. The van der Waals surface area contributed by atoms with E-state index in [0.717, 1.165) is 81.0 Å². The van der Waals surface area contributed by atoms with Crippen molar-refractivity contribution in [1.29, 1.82) is 0 Å². The van der Waals surface area contributed by atoms with Gasteiger partial charge in [-0.1, -0.05) is 12.1 Å². The zero-order chi connectivity index (χ0) is 26.3. The normalized spacial score (nSPS) is 11.4. The third kappa shape index (κ3) is 5.85. The minimum absolute atomic E-state index is 0.322. The molecule has 3 heterocycles. The number of unbranched alkanes of at least 4 members (excludes halogenated alkanes) is 1. The van der Waals surface area contributed by atoms with E-state index in [1.54, 1.807) is 0 Å². The molecular formula is C31H34N2O5. The lowest BCUT2D eigenvalue weighted by Crippen LogP contribution is -2.05. The second-order valence-corrected chi connectivity index (χ2v) is 9.24. The standard InChI is InChI=1S/C31H34N2O5/c1-3-34-19-25-17-23-16-24(12-13-27(23)37-25)36-20-30-21(2)31-28(10-6-11-29(31)38-30)35-15-5-4-9-26-22(18-32)8-7-14-33-26/h6-8,10-14,16-17H,3-5,9,15,18-20,32H2,1-2H3. The quantitative estimate of drug-likeness (QED) is 0.172. The van der Waals surface area contributed by atoms with E-state index in [1.165, 1.54) is 0 Å². The van der Waals surface area contributed by atoms with E-state index >= 15 is 0 Å². The van der Waals surface area contributed by atoms with Gasteiger partial charge in [-0.2, -0.15) is 0 Å². The predicted molar refractivity (Wildman–Crippen MR) is 147 cm³/mol. The van der Waals surface area contributed by atoms with Crippen LogP contribution >= 0.6 is 0 Å². The summed E-state index contributed by atoms with van der Waals surface area (Å²) in [5.41, 5.74) is 10.6. The van der Waals surface area contributed by atoms with Gasteiger partial charge in [0.15, 0.2) is 0 Å². The molecule has 0 amide bonds. The van der Waals surface area contributed by atoms with Gasteiger partial charge in [0.25, 0.3) is 0 Å². The third-order valence-electron chi connectivity index (χ3n) is 6.64. The van der Waals surface area contributed by atoms with Gasteiger partial charge < -0.3 is 28.8 Å². The fraction of sp³-hybridized carbons (Fsp3) is 0.323. The Hall–Kier alpha value is -3.81. The summed E-state index contributed by atoms with van der Waals surface area (Å²) in [6.07, 6.45) is 4.63.